The number of hydrogen-bond acceptors (Lipinski definition) is 3. The first kappa shape index (κ1) is 14.3. The molecule has 0 bridgehead atoms. The minimum absolute atomic E-state index is 0.0468. The molecule has 1 aliphatic carbocycles. The molecule has 2 N–H and O–H groups in total. The molecule has 2 rings (SSSR count). The van der Waals surface area contributed by atoms with Crippen molar-refractivity contribution in [1.29, 1.82) is 0 Å². The van der Waals surface area contributed by atoms with E-state index in [1.54, 1.807) is 0 Å². The highest BCUT2D eigenvalue weighted by Gasteiger charge is 2.29. The Morgan fingerprint density at radius 3 is 2.47 bits per heavy atom. The summed E-state index contributed by atoms with van der Waals surface area (Å²) in [5, 5.41) is 12.0. The van der Waals surface area contributed by atoms with E-state index in [1.807, 2.05) is 4.90 Å². The normalized spacial score (nSPS) is 32.2. The highest BCUT2D eigenvalue weighted by molar-refractivity contribution is 5.78. The molecule has 5 heteroatoms. The average molecular weight is 268 g/mol. The standard InChI is InChI=1S/C14H24N2O3/c1-10-2-4-12(5-3-10)15-13(17)9-16-7-6-11(8-16)14(18)19/h10-12H,2-9H2,1H3,(H,15,17)(H,18,19)/t10?,11-,12?/m0/s1. The molecule has 1 saturated carbocycles. The van der Waals surface area contributed by atoms with E-state index in [-0.39, 0.29) is 11.8 Å². The van der Waals surface area contributed by atoms with E-state index in [9.17, 15) is 9.59 Å². The Hall–Kier alpha value is -1.10. The summed E-state index contributed by atoms with van der Waals surface area (Å²) < 4.78 is 0. The Morgan fingerprint density at radius 2 is 1.89 bits per heavy atom. The van der Waals surface area contributed by atoms with Crippen molar-refractivity contribution in [2.24, 2.45) is 11.8 Å². The van der Waals surface area contributed by atoms with Crippen LogP contribution in [-0.4, -0.2) is 47.6 Å². The number of carbonyl (C=O) groups is 2. The smallest absolute Gasteiger partial charge is 0.307 e. The third-order valence-electron chi connectivity index (χ3n) is 4.37. The average Bonchev–Trinajstić information content (AvgIpc) is 2.80. The highest BCUT2D eigenvalue weighted by atomic mass is 16.4. The lowest BCUT2D eigenvalue weighted by atomic mass is 9.87. The van der Waals surface area contributed by atoms with Crippen LogP contribution < -0.4 is 5.32 Å². The van der Waals surface area contributed by atoms with Crippen LogP contribution in [-0.2, 0) is 9.59 Å². The summed E-state index contributed by atoms with van der Waals surface area (Å²) in [6.07, 6.45) is 5.18. The fourth-order valence-corrected chi connectivity index (χ4v) is 3.06. The van der Waals surface area contributed by atoms with Crippen LogP contribution in [0, 0.1) is 11.8 Å². The van der Waals surface area contributed by atoms with Gasteiger partial charge in [-0.15, -0.1) is 0 Å². The van der Waals surface area contributed by atoms with Gasteiger partial charge in [0.15, 0.2) is 0 Å². The molecule has 1 amide bonds. The summed E-state index contributed by atoms with van der Waals surface area (Å²) >= 11 is 0. The maximum Gasteiger partial charge on any atom is 0.307 e. The lowest BCUT2D eigenvalue weighted by molar-refractivity contribution is -0.141. The van der Waals surface area contributed by atoms with E-state index < -0.39 is 5.97 Å². The summed E-state index contributed by atoms with van der Waals surface area (Å²) in [4.78, 5) is 24.7. The molecule has 2 aliphatic rings. The van der Waals surface area contributed by atoms with Crippen molar-refractivity contribution in [2.75, 3.05) is 19.6 Å². The second-order valence-corrected chi connectivity index (χ2v) is 6.08. The number of rotatable bonds is 4. The number of carboxylic acids is 1. The Morgan fingerprint density at radius 1 is 1.21 bits per heavy atom. The van der Waals surface area contributed by atoms with Gasteiger partial charge in [0.05, 0.1) is 12.5 Å². The van der Waals surface area contributed by atoms with Crippen LogP contribution in [0.15, 0.2) is 0 Å². The van der Waals surface area contributed by atoms with Crippen molar-refractivity contribution in [2.45, 2.75) is 45.1 Å². The van der Waals surface area contributed by atoms with E-state index in [0.29, 0.717) is 32.1 Å². The van der Waals surface area contributed by atoms with Crippen LogP contribution in [0.25, 0.3) is 0 Å². The SMILES string of the molecule is CC1CCC(NC(=O)CN2CC[C@H](C(=O)O)C2)CC1. The summed E-state index contributed by atoms with van der Waals surface area (Å²) in [6, 6.07) is 0.321. The Bertz CT molecular complexity index is 338. The number of carboxylic acid groups (broad SMARTS) is 1. The van der Waals surface area contributed by atoms with Crippen molar-refractivity contribution in [3.63, 3.8) is 0 Å². The number of hydrogen-bond donors (Lipinski definition) is 2. The van der Waals surface area contributed by atoms with E-state index in [2.05, 4.69) is 12.2 Å². The topological polar surface area (TPSA) is 69.6 Å². The van der Waals surface area contributed by atoms with Crippen molar-refractivity contribution in [1.82, 2.24) is 10.2 Å². The van der Waals surface area contributed by atoms with Gasteiger partial charge < -0.3 is 10.4 Å². The fourth-order valence-electron chi connectivity index (χ4n) is 3.06. The lowest BCUT2D eigenvalue weighted by Gasteiger charge is -2.27. The molecule has 1 atom stereocenters. The molecule has 0 spiro atoms. The number of nitrogens with zero attached hydrogens (tertiary/aromatic N) is 1. The van der Waals surface area contributed by atoms with Gasteiger partial charge in [-0.1, -0.05) is 6.92 Å². The van der Waals surface area contributed by atoms with Crippen LogP contribution in [0.5, 0.6) is 0 Å². The van der Waals surface area contributed by atoms with Crippen molar-refractivity contribution in [3.05, 3.63) is 0 Å². The van der Waals surface area contributed by atoms with Crippen LogP contribution in [0.4, 0.5) is 0 Å². The van der Waals surface area contributed by atoms with Gasteiger partial charge in [-0.25, -0.2) is 0 Å². The molecule has 0 aromatic heterocycles. The lowest BCUT2D eigenvalue weighted by Crippen LogP contribution is -2.43. The maximum absolute atomic E-state index is 11.9. The minimum atomic E-state index is -0.746. The van der Waals surface area contributed by atoms with E-state index >= 15 is 0 Å². The molecule has 0 aromatic rings. The first-order chi connectivity index (χ1) is 9.04. The maximum atomic E-state index is 11.9. The molecule has 1 heterocycles. The zero-order valence-corrected chi connectivity index (χ0v) is 11.6. The first-order valence-corrected chi connectivity index (χ1v) is 7.29. The second kappa shape index (κ2) is 6.37. The molecule has 19 heavy (non-hydrogen) atoms. The van der Waals surface area contributed by atoms with Gasteiger partial charge in [-0.05, 0) is 44.6 Å². The fraction of sp³-hybridized carbons (Fsp3) is 0.857. The summed E-state index contributed by atoms with van der Waals surface area (Å²) in [7, 11) is 0. The van der Waals surface area contributed by atoms with E-state index in [1.165, 1.54) is 12.8 Å². The van der Waals surface area contributed by atoms with Gasteiger partial charge in [-0.2, -0.15) is 0 Å². The molecule has 1 saturated heterocycles. The molecule has 5 nitrogen and oxygen atoms in total. The number of nitrogens with one attached hydrogen (secondary N) is 1. The Labute approximate surface area is 114 Å². The van der Waals surface area contributed by atoms with Gasteiger partial charge >= 0.3 is 5.97 Å². The third kappa shape index (κ3) is 4.20. The largest absolute Gasteiger partial charge is 0.481 e. The molecule has 2 fully saturated rings. The molecule has 108 valence electrons. The highest BCUT2D eigenvalue weighted by Crippen LogP contribution is 2.23. The number of carbonyl (C=O) groups excluding carboxylic acids is 1. The van der Waals surface area contributed by atoms with E-state index in [4.69, 9.17) is 5.11 Å². The quantitative estimate of drug-likeness (QED) is 0.800. The molecular weight excluding hydrogens is 244 g/mol. The predicted molar refractivity (Wildman–Crippen MR) is 71.7 cm³/mol. The van der Waals surface area contributed by atoms with Crippen molar-refractivity contribution >= 4 is 11.9 Å². The van der Waals surface area contributed by atoms with Gasteiger partial charge in [0.2, 0.25) is 5.91 Å². The summed E-state index contributed by atoms with van der Waals surface area (Å²) in [6.45, 7) is 3.82. The molecule has 0 aromatic carbocycles. The summed E-state index contributed by atoms with van der Waals surface area (Å²) in [5.74, 6) is -0.221. The van der Waals surface area contributed by atoms with Crippen LogP contribution in [0.1, 0.15) is 39.0 Å². The molecular formula is C14H24N2O3. The monoisotopic (exact) mass is 268 g/mol. The van der Waals surface area contributed by atoms with Gasteiger partial charge in [0.25, 0.3) is 0 Å². The van der Waals surface area contributed by atoms with Crippen LogP contribution >= 0.6 is 0 Å². The van der Waals surface area contributed by atoms with Crippen molar-refractivity contribution < 1.29 is 14.7 Å². The third-order valence-corrected chi connectivity index (χ3v) is 4.37. The Kier molecular flexibility index (Phi) is 4.80. The minimum Gasteiger partial charge on any atom is -0.481 e. The molecule has 0 unspecified atom stereocenters. The number of amides is 1. The number of likely N-dealkylation sites (tertiary alicyclic amines) is 1. The number of aliphatic carboxylic acids is 1. The Balaban J connectivity index is 1.69. The first-order valence-electron chi connectivity index (χ1n) is 7.29. The second-order valence-electron chi connectivity index (χ2n) is 6.08. The van der Waals surface area contributed by atoms with Gasteiger partial charge in [-0.3, -0.25) is 14.5 Å². The molecule has 0 radical (unpaired) electrons. The van der Waals surface area contributed by atoms with Crippen molar-refractivity contribution in [3.8, 4) is 0 Å². The summed E-state index contributed by atoms with van der Waals surface area (Å²) in [5.41, 5.74) is 0. The zero-order chi connectivity index (χ0) is 13.8. The predicted octanol–water partition coefficient (Wildman–Crippen LogP) is 1.09. The van der Waals surface area contributed by atoms with E-state index in [0.717, 1.165) is 18.8 Å². The zero-order valence-electron chi connectivity index (χ0n) is 11.6. The van der Waals surface area contributed by atoms with Gasteiger partial charge in [0.1, 0.15) is 0 Å². The molecule has 1 aliphatic heterocycles. The van der Waals surface area contributed by atoms with Gasteiger partial charge in [0, 0.05) is 12.6 Å². The van der Waals surface area contributed by atoms with Crippen LogP contribution in [0.3, 0.4) is 0 Å². The van der Waals surface area contributed by atoms with Crippen LogP contribution in [0.2, 0.25) is 0 Å².